The third-order valence-electron chi connectivity index (χ3n) is 3.03. The lowest BCUT2D eigenvalue weighted by molar-refractivity contribution is 0.796. The predicted octanol–water partition coefficient (Wildman–Crippen LogP) is 3.17. The minimum atomic E-state index is 0.749. The molecule has 0 unspecified atom stereocenters. The Hall–Kier alpha value is -1.61. The molecular formula is C14H19N3. The van der Waals surface area contributed by atoms with Crippen LogP contribution in [0.3, 0.4) is 0 Å². The van der Waals surface area contributed by atoms with Crippen LogP contribution in [0.5, 0.6) is 0 Å². The molecule has 0 aliphatic carbocycles. The molecule has 3 heteroatoms. The number of hydrogen-bond acceptors (Lipinski definition) is 3. The van der Waals surface area contributed by atoms with Gasteiger partial charge in [-0.05, 0) is 49.1 Å². The van der Waals surface area contributed by atoms with E-state index in [4.69, 9.17) is 5.84 Å². The van der Waals surface area contributed by atoms with Crippen LogP contribution in [0.4, 0.5) is 5.82 Å². The van der Waals surface area contributed by atoms with Crippen LogP contribution in [-0.4, -0.2) is 4.98 Å². The van der Waals surface area contributed by atoms with Gasteiger partial charge in [-0.25, -0.2) is 10.8 Å². The van der Waals surface area contributed by atoms with Crippen LogP contribution in [0.1, 0.15) is 30.9 Å². The third-order valence-corrected chi connectivity index (χ3v) is 3.03. The van der Waals surface area contributed by atoms with Gasteiger partial charge in [-0.2, -0.15) is 0 Å². The van der Waals surface area contributed by atoms with Gasteiger partial charge in [0.15, 0.2) is 0 Å². The fourth-order valence-corrected chi connectivity index (χ4v) is 2.01. The van der Waals surface area contributed by atoms with Crippen LogP contribution in [-0.2, 0) is 6.42 Å². The molecule has 1 aromatic heterocycles. The molecular weight excluding hydrogens is 210 g/mol. The Morgan fingerprint density at radius 3 is 2.82 bits per heavy atom. The van der Waals surface area contributed by atoms with Crippen LogP contribution in [0, 0.1) is 6.92 Å². The van der Waals surface area contributed by atoms with E-state index in [1.807, 2.05) is 6.92 Å². The number of unbranched alkanes of at least 4 members (excludes halogenated alkanes) is 1. The molecule has 0 aliphatic rings. The number of pyridine rings is 1. The summed E-state index contributed by atoms with van der Waals surface area (Å²) >= 11 is 0. The summed E-state index contributed by atoms with van der Waals surface area (Å²) in [5.41, 5.74) is 6.07. The van der Waals surface area contributed by atoms with Crippen LogP contribution in [0.2, 0.25) is 0 Å². The number of nitrogens with one attached hydrogen (secondary N) is 1. The van der Waals surface area contributed by atoms with Gasteiger partial charge in [0.1, 0.15) is 5.82 Å². The average molecular weight is 229 g/mol. The third kappa shape index (κ3) is 2.56. The first-order chi connectivity index (χ1) is 8.24. The number of hydrogen-bond donors (Lipinski definition) is 2. The summed E-state index contributed by atoms with van der Waals surface area (Å²) in [6.45, 7) is 4.23. The van der Waals surface area contributed by atoms with E-state index in [9.17, 15) is 0 Å². The fraction of sp³-hybridized carbons (Fsp3) is 0.357. The topological polar surface area (TPSA) is 50.9 Å². The number of hydrazine groups is 1. The quantitative estimate of drug-likeness (QED) is 0.625. The number of anilines is 1. The Balaban J connectivity index is 2.40. The van der Waals surface area contributed by atoms with E-state index in [0.29, 0.717) is 0 Å². The second-order valence-electron chi connectivity index (χ2n) is 4.43. The maximum absolute atomic E-state index is 5.42. The number of rotatable bonds is 4. The van der Waals surface area contributed by atoms with Gasteiger partial charge in [-0.1, -0.05) is 19.4 Å². The van der Waals surface area contributed by atoms with Crippen molar-refractivity contribution in [2.45, 2.75) is 33.1 Å². The minimum absolute atomic E-state index is 0.749. The first-order valence-electron chi connectivity index (χ1n) is 6.11. The molecule has 3 N–H and O–H groups in total. The second-order valence-corrected chi connectivity index (χ2v) is 4.43. The van der Waals surface area contributed by atoms with Crippen molar-refractivity contribution in [3.05, 3.63) is 35.4 Å². The Labute approximate surface area is 102 Å². The highest BCUT2D eigenvalue weighted by Gasteiger charge is 2.03. The zero-order chi connectivity index (χ0) is 12.3. The van der Waals surface area contributed by atoms with Gasteiger partial charge in [-0.15, -0.1) is 0 Å². The highest BCUT2D eigenvalue weighted by molar-refractivity contribution is 5.82. The van der Waals surface area contributed by atoms with Crippen molar-refractivity contribution in [3.63, 3.8) is 0 Å². The molecule has 90 valence electrons. The summed E-state index contributed by atoms with van der Waals surface area (Å²) in [4.78, 5) is 4.48. The number of fused-ring (bicyclic) bond motifs is 1. The lowest BCUT2D eigenvalue weighted by atomic mass is 10.0. The molecule has 0 saturated heterocycles. The molecule has 0 amide bonds. The van der Waals surface area contributed by atoms with Crippen molar-refractivity contribution < 1.29 is 0 Å². The van der Waals surface area contributed by atoms with E-state index in [-0.39, 0.29) is 0 Å². The van der Waals surface area contributed by atoms with Crippen LogP contribution < -0.4 is 11.3 Å². The number of nitrogens with zero attached hydrogens (tertiary/aromatic N) is 1. The summed E-state index contributed by atoms with van der Waals surface area (Å²) in [6, 6.07) is 8.58. The first kappa shape index (κ1) is 11.9. The van der Waals surface area contributed by atoms with Gasteiger partial charge in [0.05, 0.1) is 5.52 Å². The maximum Gasteiger partial charge on any atom is 0.143 e. The van der Waals surface area contributed by atoms with E-state index in [2.05, 4.69) is 41.6 Å². The van der Waals surface area contributed by atoms with Crippen molar-refractivity contribution in [1.29, 1.82) is 0 Å². The normalized spacial score (nSPS) is 10.8. The summed E-state index contributed by atoms with van der Waals surface area (Å²) in [7, 11) is 0. The molecule has 0 saturated carbocycles. The zero-order valence-corrected chi connectivity index (χ0v) is 10.5. The standard InChI is InChI=1S/C14H19N3/c1-3-4-5-11-6-7-13-12(9-11)8-10(2)14(16-13)17-15/h6-9H,3-5,15H2,1-2H3,(H,16,17). The SMILES string of the molecule is CCCCc1ccc2nc(NN)c(C)cc2c1. The number of nitrogen functional groups attached to an aromatic ring is 1. The maximum atomic E-state index is 5.42. The van der Waals surface area contributed by atoms with Crippen molar-refractivity contribution >= 4 is 16.7 Å². The monoisotopic (exact) mass is 229 g/mol. The lowest BCUT2D eigenvalue weighted by Gasteiger charge is -2.07. The molecule has 1 heterocycles. The molecule has 17 heavy (non-hydrogen) atoms. The second kappa shape index (κ2) is 5.15. The summed E-state index contributed by atoms with van der Waals surface area (Å²) in [5, 5.41) is 1.19. The summed E-state index contributed by atoms with van der Waals surface area (Å²) in [5.74, 6) is 6.17. The fourth-order valence-electron chi connectivity index (χ4n) is 2.01. The van der Waals surface area contributed by atoms with Gasteiger partial charge in [0.25, 0.3) is 0 Å². The van der Waals surface area contributed by atoms with Crippen LogP contribution in [0.15, 0.2) is 24.3 Å². The van der Waals surface area contributed by atoms with Gasteiger partial charge in [0, 0.05) is 5.39 Å². The highest BCUT2D eigenvalue weighted by Crippen LogP contribution is 2.21. The van der Waals surface area contributed by atoms with Crippen molar-refractivity contribution in [2.75, 3.05) is 5.43 Å². The van der Waals surface area contributed by atoms with Gasteiger partial charge >= 0.3 is 0 Å². The predicted molar refractivity (Wildman–Crippen MR) is 72.9 cm³/mol. The van der Waals surface area contributed by atoms with Crippen molar-refractivity contribution in [3.8, 4) is 0 Å². The molecule has 0 aliphatic heterocycles. The minimum Gasteiger partial charge on any atom is -0.308 e. The van der Waals surface area contributed by atoms with Gasteiger partial charge in [0.2, 0.25) is 0 Å². The van der Waals surface area contributed by atoms with Crippen molar-refractivity contribution in [2.24, 2.45) is 5.84 Å². The smallest absolute Gasteiger partial charge is 0.143 e. The van der Waals surface area contributed by atoms with Crippen LogP contribution in [0.25, 0.3) is 10.9 Å². The molecule has 0 spiro atoms. The van der Waals surface area contributed by atoms with E-state index >= 15 is 0 Å². The molecule has 0 fully saturated rings. The molecule has 0 bridgehead atoms. The Kier molecular flexibility index (Phi) is 3.59. The van der Waals surface area contributed by atoms with E-state index in [1.54, 1.807) is 0 Å². The zero-order valence-electron chi connectivity index (χ0n) is 10.5. The number of aryl methyl sites for hydroxylation is 2. The molecule has 2 aromatic rings. The van der Waals surface area contributed by atoms with Gasteiger partial charge in [-0.3, -0.25) is 0 Å². The molecule has 0 atom stereocenters. The number of benzene rings is 1. The lowest BCUT2D eigenvalue weighted by Crippen LogP contribution is -2.10. The number of aromatic nitrogens is 1. The Morgan fingerprint density at radius 1 is 1.29 bits per heavy atom. The average Bonchev–Trinajstić information content (AvgIpc) is 2.35. The van der Waals surface area contributed by atoms with E-state index in [1.165, 1.54) is 23.8 Å². The molecule has 2 rings (SSSR count). The Bertz CT molecular complexity index is 520. The van der Waals surface area contributed by atoms with E-state index in [0.717, 1.165) is 23.3 Å². The highest BCUT2D eigenvalue weighted by atomic mass is 15.2. The first-order valence-corrected chi connectivity index (χ1v) is 6.11. The van der Waals surface area contributed by atoms with Crippen molar-refractivity contribution in [1.82, 2.24) is 4.98 Å². The number of nitrogens with two attached hydrogens (primary N) is 1. The van der Waals surface area contributed by atoms with Crippen LogP contribution >= 0.6 is 0 Å². The molecule has 3 nitrogen and oxygen atoms in total. The largest absolute Gasteiger partial charge is 0.308 e. The molecule has 0 radical (unpaired) electrons. The summed E-state index contributed by atoms with van der Waals surface area (Å²) in [6.07, 6.45) is 3.61. The Morgan fingerprint density at radius 2 is 2.12 bits per heavy atom. The van der Waals surface area contributed by atoms with Gasteiger partial charge < -0.3 is 5.43 Å². The molecule has 1 aromatic carbocycles. The summed E-state index contributed by atoms with van der Waals surface area (Å²) < 4.78 is 0. The van der Waals surface area contributed by atoms with E-state index < -0.39 is 0 Å².